The van der Waals surface area contributed by atoms with E-state index in [0.29, 0.717) is 13.2 Å². The van der Waals surface area contributed by atoms with Crippen molar-refractivity contribution in [3.05, 3.63) is 124 Å². The summed E-state index contributed by atoms with van der Waals surface area (Å²) < 4.78 is 17.5. The summed E-state index contributed by atoms with van der Waals surface area (Å²) in [6, 6.07) is 21.4. The normalized spacial score (nSPS) is 23.7. The third-order valence-electron chi connectivity index (χ3n) is 5.28. The molecule has 2 aromatic rings. The summed E-state index contributed by atoms with van der Waals surface area (Å²) in [4.78, 5) is 0. The first-order valence-electron chi connectivity index (χ1n) is 11.0. The van der Waals surface area contributed by atoms with Gasteiger partial charge in [-0.2, -0.15) is 0 Å². The smallest absolute Gasteiger partial charge is 0.382 e. The zero-order chi connectivity index (χ0) is 22.0. The topological polar surface area (TPSA) is 27.7 Å². The van der Waals surface area contributed by atoms with Crippen LogP contribution in [0.3, 0.4) is 0 Å². The van der Waals surface area contributed by atoms with E-state index in [1.807, 2.05) is 32.1 Å². The van der Waals surface area contributed by atoms with Crippen LogP contribution >= 0.6 is 7.92 Å². The van der Waals surface area contributed by atoms with Crippen molar-refractivity contribution in [2.75, 3.05) is 20.3 Å². The molecule has 0 bridgehead atoms. The van der Waals surface area contributed by atoms with Crippen molar-refractivity contribution in [3.63, 3.8) is 0 Å². The Morgan fingerprint density at radius 1 is 0.818 bits per heavy atom. The van der Waals surface area contributed by atoms with Gasteiger partial charge in [-0.05, 0) is 76.3 Å². The van der Waals surface area contributed by atoms with E-state index >= 15 is 0 Å². The number of benzene rings is 2. The summed E-state index contributed by atoms with van der Waals surface area (Å²) in [6.07, 6.45) is 17.1. The third-order valence-corrected chi connectivity index (χ3v) is 7.80. The van der Waals surface area contributed by atoms with E-state index in [4.69, 9.17) is 14.2 Å². The fourth-order valence-electron chi connectivity index (χ4n) is 3.79. The zero-order valence-electron chi connectivity index (χ0n) is 18.7. The molecule has 2 aliphatic carbocycles. The molecule has 1 heterocycles. The summed E-state index contributed by atoms with van der Waals surface area (Å²) >= 11 is 0. The maximum absolute atomic E-state index is 6.20. The molecule has 0 amide bonds. The van der Waals surface area contributed by atoms with E-state index in [-0.39, 0.29) is 29.5 Å². The Kier molecular flexibility index (Phi) is 11.9. The molecule has 0 N–H and O–H groups in total. The fraction of sp³-hybridized carbons (Fsp3) is 0.214. The Hall–Kier alpha value is -0.731. The first kappa shape index (κ1) is 26.9. The Labute approximate surface area is 212 Å². The minimum absolute atomic E-state index is 0. The number of hydrogen-bond donors (Lipinski definition) is 0. The molecule has 0 unspecified atom stereocenters. The van der Waals surface area contributed by atoms with E-state index in [0.717, 1.165) is 12.3 Å². The molecule has 33 heavy (non-hydrogen) atoms. The van der Waals surface area contributed by atoms with Crippen molar-refractivity contribution < 1.29 is 31.3 Å². The van der Waals surface area contributed by atoms with E-state index < -0.39 is 7.92 Å². The molecule has 170 valence electrons. The second-order valence-corrected chi connectivity index (χ2v) is 9.73. The predicted molar refractivity (Wildman–Crippen MR) is 131 cm³/mol. The molecule has 0 spiro atoms. The van der Waals surface area contributed by atoms with Gasteiger partial charge in [-0.15, -0.1) is 0 Å². The molecule has 3 aliphatic rings. The third kappa shape index (κ3) is 7.63. The Morgan fingerprint density at radius 3 is 1.94 bits per heavy atom. The molecular formula is C28H29FeO3P+2. The van der Waals surface area contributed by atoms with Gasteiger partial charge in [0.05, 0.1) is 19.3 Å². The monoisotopic (exact) mass is 500 g/mol. The molecule has 10 radical (unpaired) electrons. The average Bonchev–Trinajstić information content (AvgIpc) is 3.57. The van der Waals surface area contributed by atoms with Crippen LogP contribution in [0.2, 0.25) is 0 Å². The first-order valence-corrected chi connectivity index (χ1v) is 12.3. The van der Waals surface area contributed by atoms with Gasteiger partial charge in [-0.3, -0.25) is 0 Å². The zero-order valence-corrected chi connectivity index (χ0v) is 20.7. The van der Waals surface area contributed by atoms with Crippen LogP contribution in [-0.2, 0) is 31.3 Å². The van der Waals surface area contributed by atoms with Crippen molar-refractivity contribution in [1.82, 2.24) is 0 Å². The summed E-state index contributed by atoms with van der Waals surface area (Å²) in [7, 11) is 1.05. The minimum Gasteiger partial charge on any atom is -0.382 e. The van der Waals surface area contributed by atoms with Crippen LogP contribution in [0, 0.1) is 62.9 Å². The SMILES string of the molecule is COC[C@@H]1CCO[C@H]([C]2[CH][CH][CH][C]2P(c2ccccc2)c2ccccc2)O1.[CH]1[CH][CH][CH][CH]1.[Fe+2]. The van der Waals surface area contributed by atoms with Gasteiger partial charge in [-0.25, -0.2) is 0 Å². The van der Waals surface area contributed by atoms with Crippen LogP contribution in [0.5, 0.6) is 0 Å². The second-order valence-electron chi connectivity index (χ2n) is 7.54. The molecule has 3 fully saturated rings. The minimum atomic E-state index is -0.668. The van der Waals surface area contributed by atoms with Crippen LogP contribution in [-0.4, -0.2) is 32.7 Å². The molecule has 1 aliphatic heterocycles. The average molecular weight is 500 g/mol. The van der Waals surface area contributed by atoms with E-state index in [9.17, 15) is 0 Å². The molecule has 5 heteroatoms. The van der Waals surface area contributed by atoms with E-state index in [1.165, 1.54) is 16.3 Å². The van der Waals surface area contributed by atoms with Crippen LogP contribution in [0.15, 0.2) is 60.7 Å². The molecule has 2 aromatic carbocycles. The summed E-state index contributed by atoms with van der Waals surface area (Å²) in [5.74, 6) is 1.13. The largest absolute Gasteiger partial charge is 2.00 e. The maximum Gasteiger partial charge on any atom is 2.00 e. The molecule has 2 saturated carbocycles. The Bertz CT molecular complexity index is 722. The van der Waals surface area contributed by atoms with Crippen LogP contribution in [0.1, 0.15) is 6.42 Å². The summed E-state index contributed by atoms with van der Waals surface area (Å²) in [6.45, 7) is 1.29. The van der Waals surface area contributed by atoms with Crippen molar-refractivity contribution in [3.8, 4) is 0 Å². The molecule has 2 atom stereocenters. The summed E-state index contributed by atoms with van der Waals surface area (Å²) in [5, 5.41) is 2.66. The van der Waals surface area contributed by atoms with Crippen molar-refractivity contribution >= 4 is 18.5 Å². The van der Waals surface area contributed by atoms with E-state index in [2.05, 4.69) is 79.9 Å². The summed E-state index contributed by atoms with van der Waals surface area (Å²) in [5.41, 5.74) is 1.30. The predicted octanol–water partition coefficient (Wildman–Crippen LogP) is 4.65. The Morgan fingerprint density at radius 2 is 1.39 bits per heavy atom. The van der Waals surface area contributed by atoms with Gasteiger partial charge in [0.1, 0.15) is 0 Å². The van der Waals surface area contributed by atoms with Gasteiger partial charge in [0, 0.05) is 18.7 Å². The number of rotatable bonds is 6. The maximum atomic E-state index is 6.20. The van der Waals surface area contributed by atoms with Gasteiger partial charge in [0.25, 0.3) is 0 Å². The van der Waals surface area contributed by atoms with Crippen molar-refractivity contribution in [1.29, 1.82) is 0 Å². The number of methoxy groups -OCH3 is 1. The first-order chi connectivity index (χ1) is 15.9. The number of ether oxygens (including phenoxy) is 3. The molecule has 0 aromatic heterocycles. The van der Waals surface area contributed by atoms with Crippen LogP contribution in [0.4, 0.5) is 0 Å². The van der Waals surface area contributed by atoms with Gasteiger partial charge in [0.2, 0.25) is 0 Å². The standard InChI is InChI=1S/C23H24O3P.C5H5.Fe/c1-24-17-18-15-16-25-23(26-18)21-13-8-14-22(21)27(19-9-4-2-5-10-19)20-11-6-3-7-12-20;1-2-4-5-3-1;/h2-14,18,23H,15-17H2,1H3;1-5H;/q;;+2/t18-,23-;;/m0../s1. The van der Waals surface area contributed by atoms with Gasteiger partial charge in [0.15, 0.2) is 6.29 Å². The Balaban J connectivity index is 0.000000453. The molecule has 1 saturated heterocycles. The van der Waals surface area contributed by atoms with Crippen molar-refractivity contribution in [2.24, 2.45) is 0 Å². The fourth-order valence-corrected chi connectivity index (χ4v) is 6.26. The van der Waals surface area contributed by atoms with E-state index in [1.54, 1.807) is 7.11 Å². The number of hydrogen-bond acceptors (Lipinski definition) is 3. The molecule has 5 rings (SSSR count). The van der Waals surface area contributed by atoms with Gasteiger partial charge >= 0.3 is 17.1 Å². The van der Waals surface area contributed by atoms with Crippen molar-refractivity contribution in [2.45, 2.75) is 18.8 Å². The van der Waals surface area contributed by atoms with Gasteiger partial charge in [-0.1, -0.05) is 60.7 Å². The second kappa shape index (κ2) is 14.6. The van der Waals surface area contributed by atoms with Crippen LogP contribution in [0.25, 0.3) is 0 Å². The molecule has 3 nitrogen and oxygen atoms in total. The van der Waals surface area contributed by atoms with Crippen LogP contribution < -0.4 is 10.6 Å². The van der Waals surface area contributed by atoms with Gasteiger partial charge < -0.3 is 14.2 Å². The quantitative estimate of drug-likeness (QED) is 0.427. The molecular weight excluding hydrogens is 471 g/mol.